The number of carboxylic acids is 1. The SMILES string of the molecule is CN(C)C(=O)CCCC(=O)Nc1cccc(CSCC(=O)O)c1. The summed E-state index contributed by atoms with van der Waals surface area (Å²) in [7, 11) is 3.38. The molecule has 0 aliphatic heterocycles. The van der Waals surface area contributed by atoms with Gasteiger partial charge in [0.1, 0.15) is 0 Å². The second kappa shape index (κ2) is 9.89. The van der Waals surface area contributed by atoms with Crippen molar-refractivity contribution in [2.45, 2.75) is 25.0 Å². The number of carbonyl (C=O) groups is 3. The smallest absolute Gasteiger partial charge is 0.313 e. The first-order chi connectivity index (χ1) is 10.9. The molecule has 2 amide bonds. The molecule has 1 rings (SSSR count). The van der Waals surface area contributed by atoms with Crippen LogP contribution in [0.25, 0.3) is 0 Å². The highest BCUT2D eigenvalue weighted by molar-refractivity contribution is 7.99. The standard InChI is InChI=1S/C16H22N2O4S/c1-18(2)15(20)8-4-7-14(19)17-13-6-3-5-12(9-13)10-23-11-16(21)22/h3,5-6,9H,4,7-8,10-11H2,1-2H3,(H,17,19)(H,21,22). The first-order valence-corrected chi connectivity index (χ1v) is 8.42. The molecule has 0 saturated heterocycles. The van der Waals surface area contributed by atoms with Crippen molar-refractivity contribution in [3.63, 3.8) is 0 Å². The fraction of sp³-hybridized carbons (Fsp3) is 0.438. The number of hydrogen-bond acceptors (Lipinski definition) is 4. The van der Waals surface area contributed by atoms with E-state index in [1.54, 1.807) is 20.2 Å². The molecule has 0 bridgehead atoms. The zero-order valence-electron chi connectivity index (χ0n) is 13.4. The number of aliphatic carboxylic acids is 1. The minimum Gasteiger partial charge on any atom is -0.481 e. The average molecular weight is 338 g/mol. The number of nitrogens with zero attached hydrogens (tertiary/aromatic N) is 1. The highest BCUT2D eigenvalue weighted by atomic mass is 32.2. The van der Waals surface area contributed by atoms with E-state index < -0.39 is 5.97 Å². The largest absolute Gasteiger partial charge is 0.481 e. The molecular weight excluding hydrogens is 316 g/mol. The number of nitrogens with one attached hydrogen (secondary N) is 1. The van der Waals surface area contributed by atoms with Crippen molar-refractivity contribution in [3.05, 3.63) is 29.8 Å². The van der Waals surface area contributed by atoms with Crippen LogP contribution < -0.4 is 5.32 Å². The number of anilines is 1. The van der Waals surface area contributed by atoms with Crippen LogP contribution in [0.5, 0.6) is 0 Å². The summed E-state index contributed by atoms with van der Waals surface area (Å²) in [6.45, 7) is 0. The van der Waals surface area contributed by atoms with Crippen molar-refractivity contribution in [1.82, 2.24) is 4.90 Å². The lowest BCUT2D eigenvalue weighted by Crippen LogP contribution is -2.21. The van der Waals surface area contributed by atoms with Crippen LogP contribution in [0.3, 0.4) is 0 Å². The number of carboxylic acid groups (broad SMARTS) is 1. The summed E-state index contributed by atoms with van der Waals surface area (Å²) in [5.41, 5.74) is 1.64. The van der Waals surface area contributed by atoms with E-state index in [0.717, 1.165) is 5.56 Å². The van der Waals surface area contributed by atoms with Gasteiger partial charge in [-0.3, -0.25) is 14.4 Å². The van der Waals surface area contributed by atoms with E-state index in [9.17, 15) is 14.4 Å². The summed E-state index contributed by atoms with van der Waals surface area (Å²) in [6.07, 6.45) is 1.15. The van der Waals surface area contributed by atoms with Crippen LogP contribution in [0.4, 0.5) is 5.69 Å². The van der Waals surface area contributed by atoms with Crippen LogP contribution in [-0.2, 0) is 20.1 Å². The van der Waals surface area contributed by atoms with Gasteiger partial charge in [-0.2, -0.15) is 0 Å². The third-order valence-corrected chi connectivity index (χ3v) is 3.99. The first-order valence-electron chi connectivity index (χ1n) is 7.27. The summed E-state index contributed by atoms with van der Waals surface area (Å²) in [5.74, 6) is -0.335. The van der Waals surface area contributed by atoms with Crippen molar-refractivity contribution in [1.29, 1.82) is 0 Å². The van der Waals surface area contributed by atoms with Crippen LogP contribution in [0, 0.1) is 0 Å². The van der Waals surface area contributed by atoms with Gasteiger partial charge in [0.25, 0.3) is 0 Å². The number of carbonyl (C=O) groups excluding carboxylic acids is 2. The number of benzene rings is 1. The Hall–Kier alpha value is -2.02. The molecule has 2 N–H and O–H groups in total. The Bertz CT molecular complexity index is 561. The first kappa shape index (κ1) is 19.0. The molecule has 0 heterocycles. The van der Waals surface area contributed by atoms with Crippen LogP contribution in [-0.4, -0.2) is 47.6 Å². The number of rotatable bonds is 9. The van der Waals surface area contributed by atoms with Crippen LogP contribution in [0.15, 0.2) is 24.3 Å². The van der Waals surface area contributed by atoms with E-state index in [0.29, 0.717) is 24.3 Å². The van der Waals surface area contributed by atoms with Crippen LogP contribution >= 0.6 is 11.8 Å². The highest BCUT2D eigenvalue weighted by Gasteiger charge is 2.07. The highest BCUT2D eigenvalue weighted by Crippen LogP contribution is 2.17. The molecule has 0 aliphatic carbocycles. The molecule has 0 fully saturated rings. The molecule has 7 heteroatoms. The Morgan fingerprint density at radius 3 is 2.61 bits per heavy atom. The number of amides is 2. The van der Waals surface area contributed by atoms with Crippen LogP contribution in [0.1, 0.15) is 24.8 Å². The van der Waals surface area contributed by atoms with Gasteiger partial charge in [-0.05, 0) is 24.1 Å². The van der Waals surface area contributed by atoms with Crippen molar-refractivity contribution < 1.29 is 19.5 Å². The summed E-state index contributed by atoms with van der Waals surface area (Å²) >= 11 is 1.31. The zero-order valence-corrected chi connectivity index (χ0v) is 14.2. The second-order valence-corrected chi connectivity index (χ2v) is 6.26. The molecule has 23 heavy (non-hydrogen) atoms. The van der Waals surface area contributed by atoms with E-state index >= 15 is 0 Å². The normalized spacial score (nSPS) is 10.2. The van der Waals surface area contributed by atoms with Crippen molar-refractivity contribution in [3.8, 4) is 0 Å². The van der Waals surface area contributed by atoms with E-state index in [-0.39, 0.29) is 24.0 Å². The van der Waals surface area contributed by atoms with Gasteiger partial charge in [0, 0.05) is 38.4 Å². The topological polar surface area (TPSA) is 86.7 Å². The molecule has 0 aromatic heterocycles. The Balaban J connectivity index is 2.39. The Labute approximate surface area is 140 Å². The molecule has 0 aliphatic rings. The fourth-order valence-electron chi connectivity index (χ4n) is 1.84. The van der Waals surface area contributed by atoms with Gasteiger partial charge in [0.2, 0.25) is 11.8 Å². The maximum absolute atomic E-state index is 11.9. The van der Waals surface area contributed by atoms with E-state index in [4.69, 9.17) is 5.11 Å². The van der Waals surface area contributed by atoms with E-state index in [2.05, 4.69) is 5.32 Å². The Kier molecular flexibility index (Phi) is 8.18. The molecule has 0 radical (unpaired) electrons. The lowest BCUT2D eigenvalue weighted by Gasteiger charge is -2.10. The molecular formula is C16H22N2O4S. The van der Waals surface area contributed by atoms with Crippen molar-refractivity contribution in [2.24, 2.45) is 0 Å². The van der Waals surface area contributed by atoms with Gasteiger partial charge in [-0.25, -0.2) is 0 Å². The average Bonchev–Trinajstić information content (AvgIpc) is 2.47. The lowest BCUT2D eigenvalue weighted by molar-refractivity contribution is -0.134. The minimum atomic E-state index is -0.841. The third kappa shape index (κ3) is 8.25. The summed E-state index contributed by atoms with van der Waals surface area (Å²) in [5, 5.41) is 11.4. The van der Waals surface area contributed by atoms with Gasteiger partial charge >= 0.3 is 5.97 Å². The molecule has 6 nitrogen and oxygen atoms in total. The lowest BCUT2D eigenvalue weighted by atomic mass is 10.2. The Morgan fingerprint density at radius 1 is 1.22 bits per heavy atom. The van der Waals surface area contributed by atoms with Gasteiger partial charge in [0.15, 0.2) is 0 Å². The van der Waals surface area contributed by atoms with Crippen LogP contribution in [0.2, 0.25) is 0 Å². The predicted molar refractivity (Wildman–Crippen MR) is 91.4 cm³/mol. The van der Waals surface area contributed by atoms with E-state index in [1.807, 2.05) is 18.2 Å². The van der Waals surface area contributed by atoms with Gasteiger partial charge in [-0.15, -0.1) is 11.8 Å². The molecule has 126 valence electrons. The summed E-state index contributed by atoms with van der Waals surface area (Å²) in [4.78, 5) is 35.3. The maximum Gasteiger partial charge on any atom is 0.313 e. The molecule has 0 atom stereocenters. The zero-order chi connectivity index (χ0) is 17.2. The summed E-state index contributed by atoms with van der Waals surface area (Å²) in [6, 6.07) is 7.33. The molecule has 1 aromatic rings. The Morgan fingerprint density at radius 2 is 1.96 bits per heavy atom. The molecule has 0 spiro atoms. The molecule has 0 unspecified atom stereocenters. The molecule has 0 saturated carbocycles. The quantitative estimate of drug-likeness (QED) is 0.721. The monoisotopic (exact) mass is 338 g/mol. The second-order valence-electron chi connectivity index (χ2n) is 5.28. The number of hydrogen-bond donors (Lipinski definition) is 2. The van der Waals surface area contributed by atoms with E-state index in [1.165, 1.54) is 16.7 Å². The number of thioether (sulfide) groups is 1. The maximum atomic E-state index is 11.9. The minimum absolute atomic E-state index is 0.00949. The van der Waals surface area contributed by atoms with Crippen molar-refractivity contribution in [2.75, 3.05) is 25.2 Å². The van der Waals surface area contributed by atoms with Crippen molar-refractivity contribution >= 4 is 35.2 Å². The fourth-order valence-corrected chi connectivity index (χ4v) is 2.53. The summed E-state index contributed by atoms with van der Waals surface area (Å²) < 4.78 is 0. The van der Waals surface area contributed by atoms with Gasteiger partial charge in [0.05, 0.1) is 5.75 Å². The van der Waals surface area contributed by atoms with Gasteiger partial charge < -0.3 is 15.3 Å². The predicted octanol–water partition coefficient (Wildman–Crippen LogP) is 2.20. The van der Waals surface area contributed by atoms with Gasteiger partial charge in [-0.1, -0.05) is 12.1 Å². The third-order valence-electron chi connectivity index (χ3n) is 3.00. The molecule has 1 aromatic carbocycles.